The third-order valence-corrected chi connectivity index (χ3v) is 2.80. The van der Waals surface area contributed by atoms with Gasteiger partial charge in [0.05, 0.1) is 5.92 Å². The summed E-state index contributed by atoms with van der Waals surface area (Å²) in [6.45, 7) is 5.86. The highest BCUT2D eigenvalue weighted by Gasteiger charge is 2.33. The Morgan fingerprint density at radius 1 is 1.44 bits per heavy atom. The molecule has 1 aliphatic heterocycles. The van der Waals surface area contributed by atoms with Crippen LogP contribution < -0.4 is 5.01 Å². The largest absolute Gasteiger partial charge is 0.272 e. The fourth-order valence-corrected chi connectivity index (χ4v) is 1.87. The Kier molecular flexibility index (Phi) is 2.73. The minimum Gasteiger partial charge on any atom is -0.272 e. The number of hydrazone groups is 1. The van der Waals surface area contributed by atoms with Crippen molar-refractivity contribution in [3.05, 3.63) is 23.9 Å². The van der Waals surface area contributed by atoms with Gasteiger partial charge >= 0.3 is 0 Å². The quantitative estimate of drug-likeness (QED) is 0.761. The van der Waals surface area contributed by atoms with Gasteiger partial charge in [0.2, 0.25) is 0 Å². The van der Waals surface area contributed by atoms with Crippen LogP contribution in [0.5, 0.6) is 0 Å². The summed E-state index contributed by atoms with van der Waals surface area (Å²) in [5.74, 6) is 0.556. The lowest BCUT2D eigenvalue weighted by atomic mass is 10.0. The third kappa shape index (κ3) is 1.71. The number of amides is 1. The Bertz CT molecular complexity index is 453. The maximum atomic E-state index is 12.0. The van der Waals surface area contributed by atoms with Gasteiger partial charge in [-0.15, -0.1) is 0 Å². The summed E-state index contributed by atoms with van der Waals surface area (Å²) in [5.41, 5.74) is 1.95. The van der Waals surface area contributed by atoms with E-state index in [0.717, 1.165) is 17.7 Å². The maximum absolute atomic E-state index is 12.0. The smallest absolute Gasteiger partial charge is 0.257 e. The zero-order valence-corrected chi connectivity index (χ0v) is 9.77. The second-order valence-electron chi connectivity index (χ2n) is 4.04. The number of carbonyl (C=O) groups excluding carboxylic acids is 1. The highest BCUT2D eigenvalue weighted by Crippen LogP contribution is 2.24. The fraction of sp³-hybridized carbons (Fsp3) is 0.417. The van der Waals surface area contributed by atoms with Crippen molar-refractivity contribution in [2.75, 3.05) is 5.01 Å². The van der Waals surface area contributed by atoms with Crippen LogP contribution in [0.4, 0.5) is 5.82 Å². The van der Waals surface area contributed by atoms with Gasteiger partial charge in [0.15, 0.2) is 5.82 Å². The van der Waals surface area contributed by atoms with Crippen LogP contribution in [-0.4, -0.2) is 16.6 Å². The van der Waals surface area contributed by atoms with Crippen molar-refractivity contribution in [2.45, 2.75) is 27.2 Å². The summed E-state index contributed by atoms with van der Waals surface area (Å²) in [6.07, 6.45) is 2.48. The van der Waals surface area contributed by atoms with Crippen molar-refractivity contribution < 1.29 is 4.79 Å². The molecular formula is C12H15N3O. The molecule has 16 heavy (non-hydrogen) atoms. The zero-order chi connectivity index (χ0) is 11.7. The van der Waals surface area contributed by atoms with Crippen LogP contribution in [0, 0.1) is 12.8 Å². The molecule has 4 nitrogen and oxygen atoms in total. The van der Waals surface area contributed by atoms with E-state index in [4.69, 9.17) is 0 Å². The summed E-state index contributed by atoms with van der Waals surface area (Å²) >= 11 is 0. The Labute approximate surface area is 95.0 Å². The number of anilines is 1. The third-order valence-electron chi connectivity index (χ3n) is 2.80. The van der Waals surface area contributed by atoms with Crippen molar-refractivity contribution in [1.82, 2.24) is 4.98 Å². The molecule has 0 aliphatic carbocycles. The number of nitrogens with zero attached hydrogens (tertiary/aromatic N) is 3. The zero-order valence-electron chi connectivity index (χ0n) is 9.77. The molecule has 1 atom stereocenters. The fourth-order valence-electron chi connectivity index (χ4n) is 1.87. The molecule has 0 fully saturated rings. The number of hydrogen-bond donors (Lipinski definition) is 0. The van der Waals surface area contributed by atoms with E-state index in [0.29, 0.717) is 5.82 Å². The molecule has 0 saturated carbocycles. The number of pyridine rings is 1. The average molecular weight is 217 g/mol. The van der Waals surface area contributed by atoms with Gasteiger partial charge in [-0.1, -0.05) is 6.92 Å². The first-order valence-corrected chi connectivity index (χ1v) is 5.45. The van der Waals surface area contributed by atoms with Crippen LogP contribution in [0.3, 0.4) is 0 Å². The molecule has 2 rings (SSSR count). The van der Waals surface area contributed by atoms with Gasteiger partial charge in [-0.05, 0) is 38.0 Å². The molecule has 1 amide bonds. The first-order valence-electron chi connectivity index (χ1n) is 5.45. The summed E-state index contributed by atoms with van der Waals surface area (Å²) in [5, 5.41) is 5.68. The highest BCUT2D eigenvalue weighted by atomic mass is 16.2. The first kappa shape index (κ1) is 10.8. The van der Waals surface area contributed by atoms with Gasteiger partial charge in [-0.2, -0.15) is 10.1 Å². The van der Waals surface area contributed by atoms with E-state index in [9.17, 15) is 4.79 Å². The number of hydrogen-bond acceptors (Lipinski definition) is 3. The second-order valence-corrected chi connectivity index (χ2v) is 4.04. The Hall–Kier alpha value is -1.71. The minimum atomic E-state index is -0.0812. The molecule has 84 valence electrons. The van der Waals surface area contributed by atoms with Crippen LogP contribution in [0.1, 0.15) is 25.8 Å². The topological polar surface area (TPSA) is 45.6 Å². The molecule has 0 saturated heterocycles. The molecule has 0 aromatic carbocycles. The van der Waals surface area contributed by atoms with Crippen LogP contribution in [0.2, 0.25) is 0 Å². The van der Waals surface area contributed by atoms with Gasteiger partial charge in [0.1, 0.15) is 0 Å². The number of carbonyl (C=O) groups is 1. The van der Waals surface area contributed by atoms with Gasteiger partial charge in [-0.3, -0.25) is 4.79 Å². The summed E-state index contributed by atoms with van der Waals surface area (Å²) in [7, 11) is 0. The van der Waals surface area contributed by atoms with Gasteiger partial charge in [0.25, 0.3) is 5.91 Å². The molecule has 0 N–H and O–H groups in total. The highest BCUT2D eigenvalue weighted by molar-refractivity contribution is 6.14. The number of rotatable bonds is 2. The first-order chi connectivity index (χ1) is 7.63. The lowest BCUT2D eigenvalue weighted by molar-refractivity contribution is -0.119. The Morgan fingerprint density at radius 2 is 2.19 bits per heavy atom. The minimum absolute atomic E-state index is 0.0260. The Morgan fingerprint density at radius 3 is 2.75 bits per heavy atom. The molecule has 4 heteroatoms. The van der Waals surface area contributed by atoms with Crippen LogP contribution >= 0.6 is 0 Å². The van der Waals surface area contributed by atoms with E-state index in [1.807, 2.05) is 32.9 Å². The predicted octanol–water partition coefficient (Wildman–Crippen LogP) is 2.14. The van der Waals surface area contributed by atoms with Crippen molar-refractivity contribution in [1.29, 1.82) is 0 Å². The van der Waals surface area contributed by atoms with Gasteiger partial charge in [-0.25, -0.2) is 4.98 Å². The van der Waals surface area contributed by atoms with Crippen molar-refractivity contribution >= 4 is 17.4 Å². The molecule has 0 spiro atoms. The van der Waals surface area contributed by atoms with Crippen molar-refractivity contribution in [3.8, 4) is 0 Å². The van der Waals surface area contributed by atoms with E-state index in [-0.39, 0.29) is 11.8 Å². The maximum Gasteiger partial charge on any atom is 0.257 e. The lowest BCUT2D eigenvalue weighted by Gasteiger charge is -2.12. The summed E-state index contributed by atoms with van der Waals surface area (Å²) in [4.78, 5) is 16.2. The number of aryl methyl sites for hydroxylation is 1. The van der Waals surface area contributed by atoms with Crippen LogP contribution in [0.25, 0.3) is 0 Å². The monoisotopic (exact) mass is 217 g/mol. The van der Waals surface area contributed by atoms with E-state index >= 15 is 0 Å². The number of aromatic nitrogens is 1. The molecule has 1 aliphatic rings. The van der Waals surface area contributed by atoms with E-state index in [2.05, 4.69) is 10.1 Å². The molecule has 1 aromatic rings. The molecule has 1 unspecified atom stereocenters. The van der Waals surface area contributed by atoms with E-state index in [1.165, 1.54) is 5.01 Å². The normalized spacial score (nSPS) is 20.2. The molecule has 1 aromatic heterocycles. The Balaban J connectivity index is 2.34. The standard InChI is InChI=1S/C12H15N3O/c1-4-10-9(3)14-15(12(10)16)11-7-8(2)5-6-13-11/h5-7,10H,4H2,1-3H3. The average Bonchev–Trinajstić information content (AvgIpc) is 2.54. The molecule has 0 bridgehead atoms. The summed E-state index contributed by atoms with van der Waals surface area (Å²) in [6, 6.07) is 3.77. The van der Waals surface area contributed by atoms with Gasteiger partial charge < -0.3 is 0 Å². The lowest BCUT2D eigenvalue weighted by Crippen LogP contribution is -2.27. The van der Waals surface area contributed by atoms with E-state index < -0.39 is 0 Å². The van der Waals surface area contributed by atoms with Crippen molar-refractivity contribution in [3.63, 3.8) is 0 Å². The van der Waals surface area contributed by atoms with Gasteiger partial charge in [0, 0.05) is 11.9 Å². The molecule has 0 radical (unpaired) electrons. The molecular weight excluding hydrogens is 202 g/mol. The predicted molar refractivity (Wildman–Crippen MR) is 63.4 cm³/mol. The van der Waals surface area contributed by atoms with Crippen LogP contribution in [-0.2, 0) is 4.79 Å². The van der Waals surface area contributed by atoms with Crippen LogP contribution in [0.15, 0.2) is 23.4 Å². The second kappa shape index (κ2) is 4.04. The van der Waals surface area contributed by atoms with Crippen molar-refractivity contribution in [2.24, 2.45) is 11.0 Å². The van der Waals surface area contributed by atoms with E-state index in [1.54, 1.807) is 6.20 Å². The summed E-state index contributed by atoms with van der Waals surface area (Å²) < 4.78 is 0. The SMILES string of the molecule is CCC1C(=O)N(c2cc(C)ccn2)N=C1C. The molecule has 2 heterocycles.